The molecule has 2 fully saturated rings. The highest BCUT2D eigenvalue weighted by Crippen LogP contribution is 2.47. The molecule has 128 valence electrons. The predicted molar refractivity (Wildman–Crippen MR) is 101 cm³/mol. The maximum absolute atomic E-state index is 13.4. The molecule has 23 heavy (non-hydrogen) atoms. The van der Waals surface area contributed by atoms with Gasteiger partial charge in [0, 0.05) is 31.0 Å². The minimum Gasteiger partial charge on any atom is -0.380 e. The number of benzene rings is 1. The van der Waals surface area contributed by atoms with Gasteiger partial charge in [0.15, 0.2) is 5.96 Å². The number of rotatable bonds is 5. The topological polar surface area (TPSA) is 45.7 Å². The Bertz CT molecular complexity index is 571. The second-order valence-corrected chi connectivity index (χ2v) is 6.87. The molecule has 1 saturated heterocycles. The molecule has 3 rings (SSSR count). The molecule has 1 aromatic carbocycles. The zero-order valence-electron chi connectivity index (χ0n) is 13.7. The van der Waals surface area contributed by atoms with Crippen LogP contribution in [0.2, 0.25) is 0 Å². The molecule has 0 atom stereocenters. The molecule has 0 bridgehead atoms. The molecule has 2 aliphatic rings. The Morgan fingerprint density at radius 3 is 2.48 bits per heavy atom. The highest BCUT2D eigenvalue weighted by atomic mass is 127. The van der Waals surface area contributed by atoms with E-state index in [1.165, 1.54) is 6.07 Å². The van der Waals surface area contributed by atoms with Gasteiger partial charge in [-0.15, -0.1) is 24.0 Å². The van der Waals surface area contributed by atoms with Crippen molar-refractivity contribution in [3.05, 3.63) is 35.6 Å². The molecular weight excluding hydrogens is 408 g/mol. The van der Waals surface area contributed by atoms with Crippen LogP contribution >= 0.6 is 24.0 Å². The van der Waals surface area contributed by atoms with Gasteiger partial charge in [-0.1, -0.05) is 19.1 Å². The van der Waals surface area contributed by atoms with Crippen molar-refractivity contribution in [1.82, 2.24) is 10.6 Å². The molecule has 0 amide bonds. The van der Waals surface area contributed by atoms with Crippen LogP contribution in [-0.2, 0) is 10.2 Å². The van der Waals surface area contributed by atoms with Gasteiger partial charge in [0.05, 0.1) is 13.2 Å². The average molecular weight is 433 g/mol. The quantitative estimate of drug-likeness (QED) is 0.427. The van der Waals surface area contributed by atoms with E-state index < -0.39 is 0 Å². The molecule has 1 aliphatic carbocycles. The van der Waals surface area contributed by atoms with Crippen LogP contribution in [0.3, 0.4) is 0 Å². The number of hydrogen-bond donors (Lipinski definition) is 2. The van der Waals surface area contributed by atoms with Crippen LogP contribution in [0.25, 0.3) is 0 Å². The maximum Gasteiger partial charge on any atom is 0.191 e. The fourth-order valence-electron chi connectivity index (χ4n) is 2.86. The third kappa shape index (κ3) is 4.35. The van der Waals surface area contributed by atoms with Crippen molar-refractivity contribution in [2.24, 2.45) is 10.4 Å². The fourth-order valence-corrected chi connectivity index (χ4v) is 2.86. The Balaban J connectivity index is 0.00000192. The van der Waals surface area contributed by atoms with Gasteiger partial charge in [-0.05, 0) is 30.5 Å². The van der Waals surface area contributed by atoms with Crippen molar-refractivity contribution in [1.29, 1.82) is 0 Å². The van der Waals surface area contributed by atoms with Gasteiger partial charge in [-0.3, -0.25) is 4.99 Å². The van der Waals surface area contributed by atoms with Crippen molar-refractivity contribution in [2.75, 3.05) is 33.4 Å². The number of nitrogens with one attached hydrogen (secondary N) is 2. The van der Waals surface area contributed by atoms with E-state index in [4.69, 9.17) is 4.74 Å². The second-order valence-electron chi connectivity index (χ2n) is 6.87. The monoisotopic (exact) mass is 433 g/mol. The van der Waals surface area contributed by atoms with Crippen LogP contribution in [0.1, 0.15) is 25.3 Å². The molecule has 1 saturated carbocycles. The zero-order chi connectivity index (χ0) is 15.6. The van der Waals surface area contributed by atoms with Crippen LogP contribution in [0.5, 0.6) is 0 Å². The molecule has 1 heterocycles. The molecule has 0 aromatic heterocycles. The number of halogens is 2. The summed E-state index contributed by atoms with van der Waals surface area (Å²) in [4.78, 5) is 4.27. The van der Waals surface area contributed by atoms with Crippen molar-refractivity contribution in [3.63, 3.8) is 0 Å². The normalized spacial score (nSPS) is 20.9. The lowest BCUT2D eigenvalue weighted by Crippen LogP contribution is -2.51. The highest BCUT2D eigenvalue weighted by molar-refractivity contribution is 14.0. The van der Waals surface area contributed by atoms with Gasteiger partial charge < -0.3 is 15.4 Å². The zero-order valence-corrected chi connectivity index (χ0v) is 16.0. The van der Waals surface area contributed by atoms with Crippen molar-refractivity contribution in [2.45, 2.75) is 25.2 Å². The third-order valence-electron chi connectivity index (χ3n) is 4.69. The molecule has 4 nitrogen and oxygen atoms in total. The number of nitrogens with zero attached hydrogens (tertiary/aromatic N) is 1. The Kier molecular flexibility index (Phi) is 5.89. The molecule has 0 unspecified atom stereocenters. The van der Waals surface area contributed by atoms with E-state index in [0.717, 1.165) is 50.7 Å². The van der Waals surface area contributed by atoms with E-state index in [9.17, 15) is 4.39 Å². The summed E-state index contributed by atoms with van der Waals surface area (Å²) < 4.78 is 18.7. The minimum absolute atomic E-state index is 0. The molecular formula is C17H25FIN3O. The van der Waals surface area contributed by atoms with E-state index in [1.807, 2.05) is 6.07 Å². The molecule has 0 spiro atoms. The lowest BCUT2D eigenvalue weighted by Gasteiger charge is -2.38. The van der Waals surface area contributed by atoms with E-state index in [2.05, 4.69) is 22.5 Å². The van der Waals surface area contributed by atoms with Gasteiger partial charge in [0.25, 0.3) is 0 Å². The third-order valence-corrected chi connectivity index (χ3v) is 4.69. The smallest absolute Gasteiger partial charge is 0.191 e. The van der Waals surface area contributed by atoms with Gasteiger partial charge in [-0.2, -0.15) is 0 Å². The molecule has 0 radical (unpaired) electrons. The lowest BCUT2D eigenvalue weighted by molar-refractivity contribution is -0.0971. The minimum atomic E-state index is -0.163. The SMILES string of the molecule is CN=C(NCC1(C)COC1)NCC1(c2cccc(F)c2)CC1.I. The number of aliphatic imine (C=N–C) groups is 1. The molecule has 6 heteroatoms. The summed E-state index contributed by atoms with van der Waals surface area (Å²) in [5.74, 6) is 0.639. The van der Waals surface area contributed by atoms with Gasteiger partial charge in [-0.25, -0.2) is 4.39 Å². The second kappa shape index (κ2) is 7.34. The summed E-state index contributed by atoms with van der Waals surface area (Å²) in [5.41, 5.74) is 1.34. The van der Waals surface area contributed by atoms with Crippen LogP contribution in [0.15, 0.2) is 29.3 Å². The Morgan fingerprint density at radius 2 is 1.96 bits per heavy atom. The van der Waals surface area contributed by atoms with E-state index in [-0.39, 0.29) is 40.6 Å². The van der Waals surface area contributed by atoms with Gasteiger partial charge >= 0.3 is 0 Å². The van der Waals surface area contributed by atoms with Crippen molar-refractivity contribution < 1.29 is 9.13 Å². The first kappa shape index (κ1) is 18.4. The summed E-state index contributed by atoms with van der Waals surface area (Å²) in [6, 6.07) is 6.95. The van der Waals surface area contributed by atoms with Crippen molar-refractivity contribution in [3.8, 4) is 0 Å². The first-order valence-electron chi connectivity index (χ1n) is 7.84. The number of guanidine groups is 1. The van der Waals surface area contributed by atoms with Gasteiger partial charge in [0.2, 0.25) is 0 Å². The summed E-state index contributed by atoms with van der Waals surface area (Å²) in [6.45, 7) is 5.42. The van der Waals surface area contributed by atoms with E-state index in [0.29, 0.717) is 0 Å². The van der Waals surface area contributed by atoms with Crippen LogP contribution < -0.4 is 10.6 Å². The maximum atomic E-state index is 13.4. The van der Waals surface area contributed by atoms with Gasteiger partial charge in [0.1, 0.15) is 5.82 Å². The van der Waals surface area contributed by atoms with Crippen molar-refractivity contribution >= 4 is 29.9 Å². The Hall–Kier alpha value is -0.890. The first-order valence-corrected chi connectivity index (χ1v) is 7.84. The van der Waals surface area contributed by atoms with E-state index >= 15 is 0 Å². The standard InChI is InChI=1S/C17H24FN3O.HI/c1-16(11-22-12-16)9-20-15(19-2)21-10-17(6-7-17)13-4-3-5-14(18)8-13;/h3-5,8H,6-7,9-12H2,1-2H3,(H2,19,20,21);1H. The largest absolute Gasteiger partial charge is 0.380 e. The van der Waals surface area contributed by atoms with E-state index in [1.54, 1.807) is 19.2 Å². The summed E-state index contributed by atoms with van der Waals surface area (Å²) in [7, 11) is 1.77. The average Bonchev–Trinajstić information content (AvgIpc) is 3.27. The number of ether oxygens (including phenoxy) is 1. The molecule has 1 aliphatic heterocycles. The first-order chi connectivity index (χ1) is 10.6. The van der Waals surface area contributed by atoms with Crippen LogP contribution in [0, 0.1) is 11.2 Å². The fraction of sp³-hybridized carbons (Fsp3) is 0.588. The lowest BCUT2D eigenvalue weighted by atomic mass is 9.89. The summed E-state index contributed by atoms with van der Waals surface area (Å²) >= 11 is 0. The summed E-state index contributed by atoms with van der Waals surface area (Å²) in [6.07, 6.45) is 2.18. The highest BCUT2D eigenvalue weighted by Gasteiger charge is 2.44. The Morgan fingerprint density at radius 1 is 1.26 bits per heavy atom. The Labute approximate surface area is 154 Å². The molecule has 2 N–H and O–H groups in total. The van der Waals surface area contributed by atoms with Crippen LogP contribution in [0.4, 0.5) is 4.39 Å². The predicted octanol–water partition coefficient (Wildman–Crippen LogP) is 2.68. The number of hydrogen-bond acceptors (Lipinski definition) is 2. The van der Waals surface area contributed by atoms with Crippen LogP contribution in [-0.4, -0.2) is 39.3 Å². The summed E-state index contributed by atoms with van der Waals surface area (Å²) in [5, 5.41) is 6.75. The molecule has 1 aromatic rings.